The van der Waals surface area contributed by atoms with Gasteiger partial charge in [-0.05, 0) is 46.0 Å². The monoisotopic (exact) mass is 292 g/mol. The molecule has 0 amide bonds. The van der Waals surface area contributed by atoms with Gasteiger partial charge in [-0.2, -0.15) is 0 Å². The van der Waals surface area contributed by atoms with Crippen LogP contribution < -0.4 is 10.2 Å². The first kappa shape index (κ1) is 16.0. The first-order valence-corrected chi connectivity index (χ1v) is 8.11. The van der Waals surface area contributed by atoms with Gasteiger partial charge in [-0.3, -0.25) is 0 Å². The lowest BCUT2D eigenvalue weighted by atomic mass is 10.2. The fraction of sp³-hybridized carbons (Fsp3) is 0.750. The zero-order valence-corrected chi connectivity index (χ0v) is 13.5. The number of anilines is 2. The van der Waals surface area contributed by atoms with Crippen molar-refractivity contribution in [3.8, 4) is 0 Å². The first-order valence-electron chi connectivity index (χ1n) is 8.11. The Morgan fingerprint density at radius 1 is 1.24 bits per heavy atom. The summed E-state index contributed by atoms with van der Waals surface area (Å²) in [5.41, 5.74) is 1.13. The molecule has 0 aliphatic heterocycles. The van der Waals surface area contributed by atoms with E-state index >= 15 is 0 Å². The molecule has 0 bridgehead atoms. The predicted octanol–water partition coefficient (Wildman–Crippen LogP) is 2.69. The van der Waals surface area contributed by atoms with Crippen molar-refractivity contribution in [1.29, 1.82) is 0 Å². The Hall–Kier alpha value is -1.36. The van der Waals surface area contributed by atoms with Gasteiger partial charge in [0.15, 0.2) is 0 Å². The Morgan fingerprint density at radius 2 is 2.00 bits per heavy atom. The Bertz CT molecular complexity index is 460. The smallest absolute Gasteiger partial charge is 0.137 e. The standard InChI is InChI=1S/C16H28N4O/c1-4-17-14-12(2)16(19-15(18-14)13-8-9-13)20(3)10-6-5-7-11-21/h13,21H,4-11H2,1-3H3,(H,17,18,19). The lowest BCUT2D eigenvalue weighted by molar-refractivity contribution is 0.283. The van der Waals surface area contributed by atoms with Crippen LogP contribution in [0.15, 0.2) is 0 Å². The van der Waals surface area contributed by atoms with E-state index in [2.05, 4.69) is 31.1 Å². The van der Waals surface area contributed by atoms with E-state index in [1.165, 1.54) is 12.8 Å². The lowest BCUT2D eigenvalue weighted by Gasteiger charge is -2.22. The van der Waals surface area contributed by atoms with Crippen LogP contribution in [0.3, 0.4) is 0 Å². The number of aliphatic hydroxyl groups excluding tert-OH is 1. The molecule has 5 heteroatoms. The summed E-state index contributed by atoms with van der Waals surface area (Å²) in [7, 11) is 2.10. The fourth-order valence-corrected chi connectivity index (χ4v) is 2.50. The Kier molecular flexibility index (Phi) is 5.79. The SMILES string of the molecule is CCNc1nc(C2CC2)nc(N(C)CCCCCO)c1C. The van der Waals surface area contributed by atoms with Gasteiger partial charge >= 0.3 is 0 Å². The normalized spacial score (nSPS) is 14.3. The summed E-state index contributed by atoms with van der Waals surface area (Å²) in [6.07, 6.45) is 5.45. The van der Waals surface area contributed by atoms with Crippen LogP contribution in [0.5, 0.6) is 0 Å². The molecule has 1 saturated carbocycles. The minimum absolute atomic E-state index is 0.284. The number of nitrogens with one attached hydrogen (secondary N) is 1. The summed E-state index contributed by atoms with van der Waals surface area (Å²) >= 11 is 0. The third kappa shape index (κ3) is 4.30. The average Bonchev–Trinajstić information content (AvgIpc) is 3.30. The van der Waals surface area contributed by atoms with E-state index in [-0.39, 0.29) is 6.61 Å². The van der Waals surface area contributed by atoms with E-state index in [1.54, 1.807) is 0 Å². The van der Waals surface area contributed by atoms with E-state index in [1.807, 2.05) is 0 Å². The maximum absolute atomic E-state index is 8.85. The van der Waals surface area contributed by atoms with Crippen LogP contribution in [-0.4, -0.2) is 41.8 Å². The highest BCUT2D eigenvalue weighted by molar-refractivity contribution is 5.58. The summed E-state index contributed by atoms with van der Waals surface area (Å²) in [5.74, 6) is 3.58. The van der Waals surface area contributed by atoms with Gasteiger partial charge in [0.2, 0.25) is 0 Å². The molecule has 2 N–H and O–H groups in total. The number of hydrogen-bond acceptors (Lipinski definition) is 5. The van der Waals surface area contributed by atoms with Crippen molar-refractivity contribution in [1.82, 2.24) is 9.97 Å². The molecule has 0 aromatic carbocycles. The third-order valence-corrected chi connectivity index (χ3v) is 3.94. The molecule has 1 aromatic heterocycles. The van der Waals surface area contributed by atoms with Crippen molar-refractivity contribution in [2.24, 2.45) is 0 Å². The van der Waals surface area contributed by atoms with Crippen molar-refractivity contribution < 1.29 is 5.11 Å². The van der Waals surface area contributed by atoms with Crippen molar-refractivity contribution in [3.05, 3.63) is 11.4 Å². The van der Waals surface area contributed by atoms with E-state index in [0.717, 1.165) is 55.4 Å². The first-order chi connectivity index (χ1) is 10.2. The summed E-state index contributed by atoms with van der Waals surface area (Å²) < 4.78 is 0. The van der Waals surface area contributed by atoms with E-state index in [4.69, 9.17) is 15.1 Å². The summed E-state index contributed by atoms with van der Waals surface area (Å²) in [6.45, 7) is 6.31. The zero-order chi connectivity index (χ0) is 15.2. The van der Waals surface area contributed by atoms with Crippen molar-refractivity contribution >= 4 is 11.6 Å². The topological polar surface area (TPSA) is 61.3 Å². The minimum atomic E-state index is 0.284. The highest BCUT2D eigenvalue weighted by atomic mass is 16.2. The maximum atomic E-state index is 8.85. The van der Waals surface area contributed by atoms with Crippen LogP contribution >= 0.6 is 0 Å². The van der Waals surface area contributed by atoms with Gasteiger partial charge in [-0.1, -0.05) is 0 Å². The Balaban J connectivity index is 2.11. The molecule has 21 heavy (non-hydrogen) atoms. The molecule has 1 heterocycles. The molecule has 0 radical (unpaired) electrons. The molecule has 1 aromatic rings. The van der Waals surface area contributed by atoms with Gasteiger partial charge in [0.1, 0.15) is 17.5 Å². The van der Waals surface area contributed by atoms with Gasteiger partial charge in [0, 0.05) is 38.2 Å². The number of aromatic nitrogens is 2. The minimum Gasteiger partial charge on any atom is -0.396 e. The third-order valence-electron chi connectivity index (χ3n) is 3.94. The highest BCUT2D eigenvalue weighted by Gasteiger charge is 2.28. The van der Waals surface area contributed by atoms with Crippen molar-refractivity contribution in [2.45, 2.75) is 51.9 Å². The van der Waals surface area contributed by atoms with Crippen LogP contribution in [0, 0.1) is 6.92 Å². The molecule has 5 nitrogen and oxygen atoms in total. The summed E-state index contributed by atoms with van der Waals surface area (Å²) in [6, 6.07) is 0. The Morgan fingerprint density at radius 3 is 2.62 bits per heavy atom. The maximum Gasteiger partial charge on any atom is 0.137 e. The van der Waals surface area contributed by atoms with Crippen LogP contribution in [-0.2, 0) is 0 Å². The number of aliphatic hydroxyl groups is 1. The number of rotatable bonds is 9. The highest BCUT2D eigenvalue weighted by Crippen LogP contribution is 2.40. The Labute approximate surface area is 127 Å². The molecular formula is C16H28N4O. The number of nitrogens with zero attached hydrogens (tertiary/aromatic N) is 3. The zero-order valence-electron chi connectivity index (χ0n) is 13.5. The molecule has 0 spiro atoms. The quantitative estimate of drug-likeness (QED) is 0.685. The number of hydrogen-bond donors (Lipinski definition) is 2. The molecule has 1 aliphatic rings. The van der Waals surface area contributed by atoms with Crippen LogP contribution in [0.25, 0.3) is 0 Å². The van der Waals surface area contributed by atoms with Crippen LogP contribution in [0.4, 0.5) is 11.6 Å². The number of unbranched alkanes of at least 4 members (excludes halogenated alkanes) is 2. The molecule has 118 valence electrons. The second-order valence-electron chi connectivity index (χ2n) is 5.89. The average molecular weight is 292 g/mol. The van der Waals surface area contributed by atoms with Gasteiger partial charge < -0.3 is 15.3 Å². The molecular weight excluding hydrogens is 264 g/mol. The van der Waals surface area contributed by atoms with E-state index in [0.29, 0.717) is 5.92 Å². The van der Waals surface area contributed by atoms with E-state index in [9.17, 15) is 0 Å². The van der Waals surface area contributed by atoms with Gasteiger partial charge in [-0.25, -0.2) is 9.97 Å². The van der Waals surface area contributed by atoms with Gasteiger partial charge in [-0.15, -0.1) is 0 Å². The molecule has 0 saturated heterocycles. The molecule has 1 fully saturated rings. The molecule has 0 atom stereocenters. The molecule has 2 rings (SSSR count). The van der Waals surface area contributed by atoms with E-state index < -0.39 is 0 Å². The lowest BCUT2D eigenvalue weighted by Crippen LogP contribution is -2.22. The summed E-state index contributed by atoms with van der Waals surface area (Å²) in [4.78, 5) is 11.7. The predicted molar refractivity (Wildman–Crippen MR) is 87.1 cm³/mol. The fourth-order valence-electron chi connectivity index (χ4n) is 2.50. The van der Waals surface area contributed by atoms with Crippen molar-refractivity contribution in [3.63, 3.8) is 0 Å². The van der Waals surface area contributed by atoms with Crippen LogP contribution in [0.1, 0.15) is 56.3 Å². The molecule has 0 unspecified atom stereocenters. The summed E-state index contributed by atoms with van der Waals surface area (Å²) in [5, 5.41) is 12.2. The van der Waals surface area contributed by atoms with Crippen LogP contribution in [0.2, 0.25) is 0 Å². The van der Waals surface area contributed by atoms with Gasteiger partial charge in [0.05, 0.1) is 0 Å². The second-order valence-corrected chi connectivity index (χ2v) is 5.89. The second kappa shape index (κ2) is 7.59. The largest absolute Gasteiger partial charge is 0.396 e. The van der Waals surface area contributed by atoms with Crippen molar-refractivity contribution in [2.75, 3.05) is 37.0 Å². The van der Waals surface area contributed by atoms with Gasteiger partial charge in [0.25, 0.3) is 0 Å². The molecule has 1 aliphatic carbocycles.